The highest BCUT2D eigenvalue weighted by Crippen LogP contribution is 2.23. The zero-order valence-corrected chi connectivity index (χ0v) is 12.2. The molecule has 0 aliphatic heterocycles. The molecule has 114 valence electrons. The molecule has 0 bridgehead atoms. The highest BCUT2D eigenvalue weighted by molar-refractivity contribution is 5.92. The SMILES string of the molecule is Cc1ccc(Oc2ccc(NC(=O)CCC(=O)O)cc2)cc1. The molecule has 0 radical (unpaired) electrons. The summed E-state index contributed by atoms with van der Waals surface area (Å²) in [6.45, 7) is 2.01. The first kappa shape index (κ1) is 15.6. The fourth-order valence-corrected chi connectivity index (χ4v) is 1.79. The number of rotatable bonds is 6. The molecule has 0 aliphatic carbocycles. The van der Waals surface area contributed by atoms with Crippen LogP contribution in [0, 0.1) is 6.92 Å². The van der Waals surface area contributed by atoms with Crippen LogP contribution in [0.2, 0.25) is 0 Å². The maximum atomic E-state index is 11.5. The van der Waals surface area contributed by atoms with Gasteiger partial charge < -0.3 is 15.2 Å². The van der Waals surface area contributed by atoms with Crippen molar-refractivity contribution in [3.8, 4) is 11.5 Å². The van der Waals surface area contributed by atoms with Gasteiger partial charge in [-0.25, -0.2) is 0 Å². The molecule has 0 aliphatic rings. The van der Waals surface area contributed by atoms with Crippen LogP contribution in [0.25, 0.3) is 0 Å². The van der Waals surface area contributed by atoms with E-state index >= 15 is 0 Å². The summed E-state index contributed by atoms with van der Waals surface area (Å²) in [5, 5.41) is 11.2. The highest BCUT2D eigenvalue weighted by Gasteiger charge is 2.06. The smallest absolute Gasteiger partial charge is 0.303 e. The summed E-state index contributed by atoms with van der Waals surface area (Å²) in [5.41, 5.74) is 1.76. The Morgan fingerprint density at radius 3 is 2.05 bits per heavy atom. The number of carboxylic acids is 1. The average molecular weight is 299 g/mol. The van der Waals surface area contributed by atoms with E-state index in [-0.39, 0.29) is 18.7 Å². The van der Waals surface area contributed by atoms with Crippen molar-refractivity contribution >= 4 is 17.6 Å². The molecular weight excluding hydrogens is 282 g/mol. The zero-order valence-electron chi connectivity index (χ0n) is 12.2. The molecule has 0 aromatic heterocycles. The van der Waals surface area contributed by atoms with Crippen LogP contribution in [0.4, 0.5) is 5.69 Å². The van der Waals surface area contributed by atoms with Crippen molar-refractivity contribution in [3.05, 3.63) is 54.1 Å². The minimum Gasteiger partial charge on any atom is -0.481 e. The number of hydrogen-bond donors (Lipinski definition) is 2. The van der Waals surface area contributed by atoms with E-state index in [1.807, 2.05) is 31.2 Å². The number of hydrogen-bond acceptors (Lipinski definition) is 3. The van der Waals surface area contributed by atoms with E-state index in [1.54, 1.807) is 24.3 Å². The Labute approximate surface area is 128 Å². The molecule has 0 spiro atoms. The van der Waals surface area contributed by atoms with E-state index in [9.17, 15) is 9.59 Å². The lowest BCUT2D eigenvalue weighted by molar-refractivity contribution is -0.138. The molecule has 2 N–H and O–H groups in total. The van der Waals surface area contributed by atoms with Crippen LogP contribution in [0.15, 0.2) is 48.5 Å². The Balaban J connectivity index is 1.91. The molecule has 0 fully saturated rings. The van der Waals surface area contributed by atoms with Gasteiger partial charge in [-0.2, -0.15) is 0 Å². The summed E-state index contributed by atoms with van der Waals surface area (Å²) in [6.07, 6.45) is -0.225. The second kappa shape index (κ2) is 7.26. The number of nitrogens with one attached hydrogen (secondary N) is 1. The number of amides is 1. The molecule has 0 unspecified atom stereocenters. The van der Waals surface area contributed by atoms with Gasteiger partial charge in [-0.3, -0.25) is 9.59 Å². The first-order chi connectivity index (χ1) is 10.5. The monoisotopic (exact) mass is 299 g/mol. The molecule has 0 atom stereocenters. The molecule has 0 saturated carbocycles. The lowest BCUT2D eigenvalue weighted by atomic mass is 10.2. The van der Waals surface area contributed by atoms with Crippen molar-refractivity contribution in [2.75, 3.05) is 5.32 Å². The Hall–Kier alpha value is -2.82. The molecule has 0 saturated heterocycles. The first-order valence-corrected chi connectivity index (χ1v) is 6.89. The van der Waals surface area contributed by atoms with Crippen LogP contribution >= 0.6 is 0 Å². The average Bonchev–Trinajstić information content (AvgIpc) is 2.49. The fraction of sp³-hybridized carbons (Fsp3) is 0.176. The van der Waals surface area contributed by atoms with Gasteiger partial charge in [0, 0.05) is 12.1 Å². The second-order valence-electron chi connectivity index (χ2n) is 4.88. The molecule has 5 nitrogen and oxygen atoms in total. The largest absolute Gasteiger partial charge is 0.481 e. The summed E-state index contributed by atoms with van der Waals surface area (Å²) < 4.78 is 5.68. The molecule has 2 aromatic carbocycles. The number of carbonyl (C=O) groups excluding carboxylic acids is 1. The summed E-state index contributed by atoms with van der Waals surface area (Å²) in [6, 6.07) is 14.6. The normalized spacial score (nSPS) is 10.0. The molecular formula is C17H17NO4. The first-order valence-electron chi connectivity index (χ1n) is 6.89. The highest BCUT2D eigenvalue weighted by atomic mass is 16.5. The molecule has 0 heterocycles. The number of ether oxygens (including phenoxy) is 1. The van der Waals surface area contributed by atoms with Crippen molar-refractivity contribution in [3.63, 3.8) is 0 Å². The van der Waals surface area contributed by atoms with Crippen LogP contribution in [0.5, 0.6) is 11.5 Å². The Kier molecular flexibility index (Phi) is 5.14. The lowest BCUT2D eigenvalue weighted by Gasteiger charge is -2.08. The third-order valence-electron chi connectivity index (χ3n) is 2.96. The van der Waals surface area contributed by atoms with Crippen molar-refractivity contribution in [2.45, 2.75) is 19.8 Å². The Morgan fingerprint density at radius 1 is 0.955 bits per heavy atom. The van der Waals surface area contributed by atoms with Gasteiger partial charge in [-0.05, 0) is 43.3 Å². The fourth-order valence-electron chi connectivity index (χ4n) is 1.79. The maximum absolute atomic E-state index is 11.5. The van der Waals surface area contributed by atoms with Crippen LogP contribution in [-0.4, -0.2) is 17.0 Å². The molecule has 2 aromatic rings. The summed E-state index contributed by atoms with van der Waals surface area (Å²) in [7, 11) is 0. The van der Waals surface area contributed by atoms with Crippen molar-refractivity contribution in [2.24, 2.45) is 0 Å². The van der Waals surface area contributed by atoms with E-state index in [4.69, 9.17) is 9.84 Å². The van der Waals surface area contributed by atoms with Crippen LogP contribution in [-0.2, 0) is 9.59 Å². The second-order valence-corrected chi connectivity index (χ2v) is 4.88. The van der Waals surface area contributed by atoms with Gasteiger partial charge in [0.15, 0.2) is 0 Å². The number of carboxylic acid groups (broad SMARTS) is 1. The third-order valence-corrected chi connectivity index (χ3v) is 2.96. The maximum Gasteiger partial charge on any atom is 0.303 e. The number of benzene rings is 2. The van der Waals surface area contributed by atoms with Crippen molar-refractivity contribution in [1.29, 1.82) is 0 Å². The van der Waals surface area contributed by atoms with Crippen LogP contribution in [0.3, 0.4) is 0 Å². The van der Waals surface area contributed by atoms with Gasteiger partial charge in [0.2, 0.25) is 5.91 Å². The summed E-state index contributed by atoms with van der Waals surface area (Å²) in [4.78, 5) is 21.9. The van der Waals surface area contributed by atoms with Crippen LogP contribution in [0.1, 0.15) is 18.4 Å². The van der Waals surface area contributed by atoms with E-state index in [0.717, 1.165) is 11.3 Å². The van der Waals surface area contributed by atoms with Gasteiger partial charge >= 0.3 is 5.97 Å². The number of anilines is 1. The lowest BCUT2D eigenvalue weighted by Crippen LogP contribution is -2.12. The van der Waals surface area contributed by atoms with E-state index in [0.29, 0.717) is 11.4 Å². The summed E-state index contributed by atoms with van der Waals surface area (Å²) >= 11 is 0. The van der Waals surface area contributed by atoms with E-state index < -0.39 is 5.97 Å². The minimum atomic E-state index is -0.989. The number of aryl methyl sites for hydroxylation is 1. The Bertz CT molecular complexity index is 647. The molecule has 2 rings (SSSR count). The quantitative estimate of drug-likeness (QED) is 0.854. The topological polar surface area (TPSA) is 75.6 Å². The number of carbonyl (C=O) groups is 2. The van der Waals surface area contributed by atoms with Crippen molar-refractivity contribution < 1.29 is 19.4 Å². The van der Waals surface area contributed by atoms with Crippen LogP contribution < -0.4 is 10.1 Å². The summed E-state index contributed by atoms with van der Waals surface area (Å²) in [5.74, 6) is 0.0860. The molecule has 1 amide bonds. The van der Waals surface area contributed by atoms with Gasteiger partial charge in [-0.1, -0.05) is 17.7 Å². The third kappa shape index (κ3) is 4.94. The minimum absolute atomic E-state index is 0.0447. The predicted molar refractivity (Wildman–Crippen MR) is 83.2 cm³/mol. The standard InChI is InChI=1S/C17H17NO4/c1-12-2-6-14(7-3-12)22-15-8-4-13(5-9-15)18-16(19)10-11-17(20)21/h2-9H,10-11H2,1H3,(H,18,19)(H,20,21). The van der Waals surface area contributed by atoms with Gasteiger partial charge in [0.05, 0.1) is 6.42 Å². The van der Waals surface area contributed by atoms with E-state index in [2.05, 4.69) is 5.32 Å². The Morgan fingerprint density at radius 2 is 1.50 bits per heavy atom. The van der Waals surface area contributed by atoms with Gasteiger partial charge in [0.25, 0.3) is 0 Å². The predicted octanol–water partition coefficient (Wildman–Crippen LogP) is 3.59. The van der Waals surface area contributed by atoms with Crippen molar-refractivity contribution in [1.82, 2.24) is 0 Å². The van der Waals surface area contributed by atoms with Gasteiger partial charge in [0.1, 0.15) is 11.5 Å². The molecule has 22 heavy (non-hydrogen) atoms. The number of aliphatic carboxylic acids is 1. The molecule has 5 heteroatoms. The van der Waals surface area contributed by atoms with E-state index in [1.165, 1.54) is 0 Å². The van der Waals surface area contributed by atoms with Gasteiger partial charge in [-0.15, -0.1) is 0 Å². The zero-order chi connectivity index (χ0) is 15.9.